The molecule has 0 bridgehead atoms. The van der Waals surface area contributed by atoms with Crippen LogP contribution in [0.2, 0.25) is 0 Å². The summed E-state index contributed by atoms with van der Waals surface area (Å²) >= 11 is 0. The third-order valence-corrected chi connectivity index (χ3v) is 3.38. The fraction of sp³-hybridized carbons (Fsp3) is 0. The number of phenolic OH excluding ortho intramolecular Hbond substituents is 5. The van der Waals surface area contributed by atoms with Gasteiger partial charge in [-0.25, -0.2) is 0 Å². The molecule has 3 aromatic rings. The maximum Gasteiger partial charge on any atom is 0.158 e. The van der Waals surface area contributed by atoms with Gasteiger partial charge in [0.05, 0.1) is 0 Å². The Bertz CT molecular complexity index is 855. The predicted molar refractivity (Wildman–Crippen MR) is 77.7 cm³/mol. The fourth-order valence-corrected chi connectivity index (χ4v) is 2.30. The van der Waals surface area contributed by atoms with Gasteiger partial charge in [0, 0.05) is 5.39 Å². The van der Waals surface area contributed by atoms with E-state index in [1.54, 1.807) is 12.1 Å². The number of aromatic hydroxyl groups is 5. The monoisotopic (exact) mass is 284 g/mol. The summed E-state index contributed by atoms with van der Waals surface area (Å²) in [6, 6.07) is 10.0. The molecular formula is C16H12O5. The highest BCUT2D eigenvalue weighted by Gasteiger charge is 2.12. The molecule has 0 aliphatic rings. The number of phenols is 5. The van der Waals surface area contributed by atoms with Gasteiger partial charge in [0.25, 0.3) is 0 Å². The number of hydrogen-bond donors (Lipinski definition) is 5. The summed E-state index contributed by atoms with van der Waals surface area (Å²) in [5.74, 6) is -1.17. The first-order chi connectivity index (χ1) is 9.97. The van der Waals surface area contributed by atoms with Crippen LogP contribution in [0.15, 0.2) is 42.5 Å². The average Bonchev–Trinajstić information content (AvgIpc) is 2.45. The largest absolute Gasteiger partial charge is 0.507 e. The van der Waals surface area contributed by atoms with Crippen LogP contribution in [-0.2, 0) is 0 Å². The Morgan fingerprint density at radius 3 is 1.71 bits per heavy atom. The molecule has 0 radical (unpaired) electrons. The Balaban J connectivity index is 2.35. The average molecular weight is 284 g/mol. The van der Waals surface area contributed by atoms with Crippen LogP contribution in [0.1, 0.15) is 0 Å². The Morgan fingerprint density at radius 1 is 0.476 bits per heavy atom. The maximum atomic E-state index is 9.87. The predicted octanol–water partition coefficient (Wildman–Crippen LogP) is 3.03. The van der Waals surface area contributed by atoms with Gasteiger partial charge in [-0.2, -0.15) is 0 Å². The normalized spacial score (nSPS) is 10.9. The lowest BCUT2D eigenvalue weighted by Gasteiger charge is -2.11. The second-order valence-corrected chi connectivity index (χ2v) is 4.72. The van der Waals surface area contributed by atoms with Gasteiger partial charge < -0.3 is 25.5 Å². The molecule has 0 unspecified atom stereocenters. The molecule has 21 heavy (non-hydrogen) atoms. The third kappa shape index (κ3) is 2.04. The Hall–Kier alpha value is -3.08. The zero-order valence-electron chi connectivity index (χ0n) is 10.8. The van der Waals surface area contributed by atoms with Gasteiger partial charge in [0.2, 0.25) is 0 Å². The first-order valence-electron chi connectivity index (χ1n) is 6.17. The van der Waals surface area contributed by atoms with Crippen molar-refractivity contribution in [2.24, 2.45) is 0 Å². The molecule has 106 valence electrons. The van der Waals surface area contributed by atoms with Crippen LogP contribution in [0.5, 0.6) is 28.7 Å². The van der Waals surface area contributed by atoms with E-state index in [0.717, 1.165) is 0 Å². The number of benzene rings is 3. The lowest BCUT2D eigenvalue weighted by molar-refractivity contribution is 0.404. The van der Waals surface area contributed by atoms with E-state index >= 15 is 0 Å². The van der Waals surface area contributed by atoms with Gasteiger partial charge in [-0.3, -0.25) is 0 Å². The highest BCUT2D eigenvalue weighted by atomic mass is 16.3. The van der Waals surface area contributed by atoms with Gasteiger partial charge >= 0.3 is 0 Å². The second kappa shape index (κ2) is 4.49. The van der Waals surface area contributed by atoms with E-state index < -0.39 is 0 Å². The molecule has 0 heterocycles. The van der Waals surface area contributed by atoms with Gasteiger partial charge in [-0.15, -0.1) is 0 Å². The standard InChI is InChI=1S/C16H12O5/c17-12-4-2-9(8-1-3-13(18)14(19)5-8)10-6-15(20)16(21)7-11(10)12/h1-7,17-21H. The third-order valence-electron chi connectivity index (χ3n) is 3.38. The summed E-state index contributed by atoms with van der Waals surface area (Å²) in [4.78, 5) is 0. The molecule has 5 nitrogen and oxygen atoms in total. The summed E-state index contributed by atoms with van der Waals surface area (Å²) in [5.41, 5.74) is 1.23. The van der Waals surface area contributed by atoms with Gasteiger partial charge in [0.1, 0.15) is 5.75 Å². The summed E-state index contributed by atoms with van der Waals surface area (Å²) < 4.78 is 0. The van der Waals surface area contributed by atoms with Crippen LogP contribution >= 0.6 is 0 Å². The molecule has 0 spiro atoms. The van der Waals surface area contributed by atoms with E-state index in [1.165, 1.54) is 30.3 Å². The lowest BCUT2D eigenvalue weighted by Crippen LogP contribution is -1.83. The van der Waals surface area contributed by atoms with Crippen LogP contribution in [0.4, 0.5) is 0 Å². The number of rotatable bonds is 1. The molecular weight excluding hydrogens is 272 g/mol. The van der Waals surface area contributed by atoms with Gasteiger partial charge in [-0.1, -0.05) is 12.1 Å². The molecule has 0 fully saturated rings. The molecule has 0 aliphatic carbocycles. The summed E-state index contributed by atoms with van der Waals surface area (Å²) in [6.07, 6.45) is 0. The van der Waals surface area contributed by atoms with E-state index in [9.17, 15) is 25.5 Å². The van der Waals surface area contributed by atoms with Crippen LogP contribution < -0.4 is 0 Å². The van der Waals surface area contributed by atoms with Crippen LogP contribution in [-0.4, -0.2) is 25.5 Å². The highest BCUT2D eigenvalue weighted by molar-refractivity contribution is 6.01. The number of hydrogen-bond acceptors (Lipinski definition) is 5. The SMILES string of the molecule is Oc1ccc(-c2ccc(O)c3cc(O)c(O)cc23)cc1O. The van der Waals surface area contributed by atoms with E-state index in [4.69, 9.17) is 0 Å². The molecule has 3 rings (SSSR count). The van der Waals surface area contributed by atoms with Crippen molar-refractivity contribution in [3.05, 3.63) is 42.5 Å². The van der Waals surface area contributed by atoms with Crippen LogP contribution in [0.25, 0.3) is 21.9 Å². The van der Waals surface area contributed by atoms with E-state index in [2.05, 4.69) is 0 Å². The van der Waals surface area contributed by atoms with Gasteiger partial charge in [-0.05, 0) is 46.8 Å². The topological polar surface area (TPSA) is 101 Å². The minimum Gasteiger partial charge on any atom is -0.507 e. The smallest absolute Gasteiger partial charge is 0.158 e. The Kier molecular flexibility index (Phi) is 2.76. The van der Waals surface area contributed by atoms with Crippen molar-refractivity contribution >= 4 is 10.8 Å². The van der Waals surface area contributed by atoms with E-state index in [1.807, 2.05) is 0 Å². The van der Waals surface area contributed by atoms with Crippen molar-refractivity contribution in [3.8, 4) is 39.9 Å². The lowest BCUT2D eigenvalue weighted by atomic mass is 9.97. The van der Waals surface area contributed by atoms with Crippen molar-refractivity contribution in [1.29, 1.82) is 0 Å². The highest BCUT2D eigenvalue weighted by Crippen LogP contribution is 2.41. The minimum absolute atomic E-state index is 0.0351. The summed E-state index contributed by atoms with van der Waals surface area (Å²) in [5, 5.41) is 48.9. The fourth-order valence-electron chi connectivity index (χ4n) is 2.30. The molecule has 0 atom stereocenters. The zero-order valence-corrected chi connectivity index (χ0v) is 10.8. The van der Waals surface area contributed by atoms with Crippen molar-refractivity contribution in [1.82, 2.24) is 0 Å². The minimum atomic E-state index is -0.330. The summed E-state index contributed by atoms with van der Waals surface area (Å²) in [7, 11) is 0. The maximum absolute atomic E-state index is 9.87. The molecule has 0 amide bonds. The molecule has 0 saturated carbocycles. The zero-order chi connectivity index (χ0) is 15.1. The Morgan fingerprint density at radius 2 is 1.05 bits per heavy atom. The number of fused-ring (bicyclic) bond motifs is 1. The molecule has 5 heteroatoms. The Labute approximate surface area is 119 Å². The second-order valence-electron chi connectivity index (χ2n) is 4.72. The van der Waals surface area contributed by atoms with Crippen molar-refractivity contribution in [2.45, 2.75) is 0 Å². The quantitative estimate of drug-likeness (QED) is 0.442. The van der Waals surface area contributed by atoms with E-state index in [-0.39, 0.29) is 28.7 Å². The van der Waals surface area contributed by atoms with Gasteiger partial charge in [0.15, 0.2) is 23.0 Å². The summed E-state index contributed by atoms with van der Waals surface area (Å²) in [6.45, 7) is 0. The van der Waals surface area contributed by atoms with E-state index in [0.29, 0.717) is 21.9 Å². The molecule has 0 aliphatic heterocycles. The molecule has 3 aromatic carbocycles. The first kappa shape index (κ1) is 12.9. The first-order valence-corrected chi connectivity index (χ1v) is 6.17. The molecule has 0 aromatic heterocycles. The van der Waals surface area contributed by atoms with Crippen LogP contribution in [0.3, 0.4) is 0 Å². The van der Waals surface area contributed by atoms with Crippen molar-refractivity contribution < 1.29 is 25.5 Å². The molecule has 0 saturated heterocycles. The van der Waals surface area contributed by atoms with Crippen molar-refractivity contribution in [2.75, 3.05) is 0 Å². The van der Waals surface area contributed by atoms with Crippen LogP contribution in [0, 0.1) is 0 Å². The van der Waals surface area contributed by atoms with Crippen molar-refractivity contribution in [3.63, 3.8) is 0 Å². The molecule has 5 N–H and O–H groups in total.